The van der Waals surface area contributed by atoms with Gasteiger partial charge in [0.1, 0.15) is 24.4 Å². The Morgan fingerprint density at radius 2 is 0.812 bits per heavy atom. The predicted molar refractivity (Wildman–Crippen MR) is 356 cm³/mol. The van der Waals surface area contributed by atoms with E-state index in [9.17, 15) is 35.1 Å². The van der Waals surface area contributed by atoms with Gasteiger partial charge in [0.15, 0.2) is 12.4 Å². The Balaban J connectivity index is 2.60. The van der Waals surface area contributed by atoms with E-state index in [1.54, 1.807) is 6.08 Å². The van der Waals surface area contributed by atoms with E-state index in [0.717, 1.165) is 83.5 Å². The summed E-state index contributed by atoms with van der Waals surface area (Å²) in [5, 5.41) is 57.2. The second-order valence-corrected chi connectivity index (χ2v) is 24.3. The minimum absolute atomic E-state index is 0.117. The number of nitrogens with one attached hydrogen (secondary N) is 1. The lowest BCUT2D eigenvalue weighted by atomic mass is 9.99. The maximum atomic E-state index is 13.5. The molecule has 8 unspecified atom stereocenters. The van der Waals surface area contributed by atoms with Crippen LogP contribution < -0.4 is 5.32 Å². The standard InChI is InChI=1S/C74H131NO10/c1-4-7-10-13-16-19-22-25-27-29-31-32-33-34-35-36-37-39-41-44-47-50-53-56-59-62-69(79)85-72-71(81)70(80)68(63-76)84-74(72)83-64-65(66(77)60-57-54-51-48-45-42-24-21-18-15-12-9-6-3)75-73(82)67(78)61-58-55-52-49-46-43-40-38-30-28-26-23-20-17-14-11-8-5-2/h16-17,19-20,25-28,38,40,46,49,57,60,65-68,70-72,74,76-78,80-81H,4-15,18,21-24,29-37,39,41-45,47-48,50-56,58-59,61-64H2,1-3H3,(H,75,82)/b19-16-,20-17-,27-25-,28-26-,40-38-,49-46-,60-57+. The number of carbonyl (C=O) groups excluding carboxylic acids is 2. The zero-order valence-electron chi connectivity index (χ0n) is 54.7. The lowest BCUT2D eigenvalue weighted by Crippen LogP contribution is -2.61. The van der Waals surface area contributed by atoms with E-state index in [-0.39, 0.29) is 19.4 Å². The summed E-state index contributed by atoms with van der Waals surface area (Å²) in [6.45, 7) is 5.75. The van der Waals surface area contributed by atoms with E-state index < -0.39 is 67.4 Å². The average molecular weight is 1190 g/mol. The highest BCUT2D eigenvalue weighted by molar-refractivity contribution is 5.80. The number of allylic oxidation sites excluding steroid dienone is 13. The fourth-order valence-electron chi connectivity index (χ4n) is 10.7. The summed E-state index contributed by atoms with van der Waals surface area (Å²) in [4.78, 5) is 26.7. The molecule has 492 valence electrons. The SMILES string of the molecule is CCCCC/C=C\C/C=C\C/C=C\C/C=C\CCCCC(O)C(=O)NC(COC1OC(CO)C(O)C(O)C1OC(=O)CCCCCCCCCCCCCCCCC/C=C\C/C=C\CCCCC)C(O)/C=C/CCCCCCCCCCCCC. The molecular weight excluding hydrogens is 1060 g/mol. The fourth-order valence-corrected chi connectivity index (χ4v) is 10.7. The van der Waals surface area contributed by atoms with Gasteiger partial charge in [-0.3, -0.25) is 9.59 Å². The zero-order valence-corrected chi connectivity index (χ0v) is 54.7. The van der Waals surface area contributed by atoms with E-state index in [1.165, 1.54) is 180 Å². The summed E-state index contributed by atoms with van der Waals surface area (Å²) < 4.78 is 17.7. The molecule has 0 aliphatic carbocycles. The number of hydrogen-bond donors (Lipinski definition) is 6. The van der Waals surface area contributed by atoms with Gasteiger partial charge in [0.05, 0.1) is 25.4 Å². The molecule has 8 atom stereocenters. The van der Waals surface area contributed by atoms with E-state index in [2.05, 4.69) is 99.0 Å². The van der Waals surface area contributed by atoms with Crippen molar-refractivity contribution in [3.8, 4) is 0 Å². The first kappa shape index (κ1) is 79.9. The van der Waals surface area contributed by atoms with Crippen molar-refractivity contribution in [1.29, 1.82) is 0 Å². The van der Waals surface area contributed by atoms with Crippen LogP contribution in [0.2, 0.25) is 0 Å². The van der Waals surface area contributed by atoms with E-state index in [0.29, 0.717) is 12.8 Å². The van der Waals surface area contributed by atoms with Crippen LogP contribution in [0.1, 0.15) is 310 Å². The number of carbonyl (C=O) groups is 2. The van der Waals surface area contributed by atoms with Crippen molar-refractivity contribution in [2.24, 2.45) is 0 Å². The summed E-state index contributed by atoms with van der Waals surface area (Å²) in [5.74, 6) is -1.22. The summed E-state index contributed by atoms with van der Waals surface area (Å²) in [6.07, 6.45) is 70.5. The molecule has 1 amide bonds. The van der Waals surface area contributed by atoms with Crippen molar-refractivity contribution in [3.05, 3.63) is 85.1 Å². The average Bonchev–Trinajstić information content (AvgIpc) is 3.21. The van der Waals surface area contributed by atoms with Gasteiger partial charge in [0, 0.05) is 6.42 Å². The molecule has 1 fully saturated rings. The molecule has 0 aromatic carbocycles. The molecule has 11 nitrogen and oxygen atoms in total. The smallest absolute Gasteiger partial charge is 0.306 e. The molecule has 0 spiro atoms. The molecule has 1 saturated heterocycles. The highest BCUT2D eigenvalue weighted by Gasteiger charge is 2.47. The van der Waals surface area contributed by atoms with Crippen LogP contribution in [0, 0.1) is 0 Å². The number of amides is 1. The maximum Gasteiger partial charge on any atom is 0.306 e. The summed E-state index contributed by atoms with van der Waals surface area (Å²) in [5.41, 5.74) is 0. The van der Waals surface area contributed by atoms with E-state index >= 15 is 0 Å². The van der Waals surface area contributed by atoms with Crippen LogP contribution in [0.5, 0.6) is 0 Å². The van der Waals surface area contributed by atoms with Crippen LogP contribution in [0.15, 0.2) is 85.1 Å². The van der Waals surface area contributed by atoms with Crippen molar-refractivity contribution in [2.45, 2.75) is 359 Å². The third-order valence-electron chi connectivity index (χ3n) is 16.3. The minimum Gasteiger partial charge on any atom is -0.454 e. The Morgan fingerprint density at radius 1 is 0.459 bits per heavy atom. The van der Waals surface area contributed by atoms with Crippen LogP contribution in [0.4, 0.5) is 0 Å². The Bertz CT molecular complexity index is 1710. The number of esters is 1. The highest BCUT2D eigenvalue weighted by Crippen LogP contribution is 2.26. The van der Waals surface area contributed by atoms with Crippen LogP contribution in [-0.4, -0.2) is 99.6 Å². The third-order valence-corrected chi connectivity index (χ3v) is 16.3. The minimum atomic E-state index is -1.62. The topological polar surface area (TPSA) is 175 Å². The molecule has 6 N–H and O–H groups in total. The van der Waals surface area contributed by atoms with Gasteiger partial charge >= 0.3 is 5.97 Å². The van der Waals surface area contributed by atoms with Crippen LogP contribution in [0.3, 0.4) is 0 Å². The number of aliphatic hydroxyl groups is 5. The van der Waals surface area contributed by atoms with Gasteiger partial charge in [-0.25, -0.2) is 0 Å². The number of hydrogen-bond acceptors (Lipinski definition) is 10. The van der Waals surface area contributed by atoms with Crippen molar-refractivity contribution in [1.82, 2.24) is 5.32 Å². The first-order chi connectivity index (χ1) is 41.7. The van der Waals surface area contributed by atoms with Gasteiger partial charge in [0.25, 0.3) is 0 Å². The molecule has 11 heteroatoms. The highest BCUT2D eigenvalue weighted by atomic mass is 16.7. The van der Waals surface area contributed by atoms with Crippen LogP contribution in [-0.2, 0) is 23.8 Å². The summed E-state index contributed by atoms with van der Waals surface area (Å²) in [6, 6.07) is -1.04. The summed E-state index contributed by atoms with van der Waals surface area (Å²) in [7, 11) is 0. The van der Waals surface area contributed by atoms with Crippen molar-refractivity contribution >= 4 is 11.9 Å². The molecule has 1 aliphatic heterocycles. The van der Waals surface area contributed by atoms with Gasteiger partial charge in [0.2, 0.25) is 5.91 Å². The molecule has 1 rings (SSSR count). The monoisotopic (exact) mass is 1190 g/mol. The second kappa shape index (κ2) is 61.1. The Labute approximate surface area is 521 Å². The van der Waals surface area contributed by atoms with Gasteiger partial charge in [-0.05, 0) is 103 Å². The number of rotatable bonds is 60. The maximum absolute atomic E-state index is 13.5. The summed E-state index contributed by atoms with van der Waals surface area (Å²) >= 11 is 0. The third kappa shape index (κ3) is 48.4. The van der Waals surface area contributed by atoms with Crippen molar-refractivity contribution in [3.63, 3.8) is 0 Å². The lowest BCUT2D eigenvalue weighted by Gasteiger charge is -2.41. The van der Waals surface area contributed by atoms with Crippen LogP contribution in [0.25, 0.3) is 0 Å². The molecule has 85 heavy (non-hydrogen) atoms. The number of ether oxygens (including phenoxy) is 3. The lowest BCUT2D eigenvalue weighted by molar-refractivity contribution is -0.305. The van der Waals surface area contributed by atoms with E-state index in [1.807, 2.05) is 6.08 Å². The fraction of sp³-hybridized carbons (Fsp3) is 0.784. The molecule has 0 aromatic heterocycles. The van der Waals surface area contributed by atoms with Crippen LogP contribution >= 0.6 is 0 Å². The van der Waals surface area contributed by atoms with E-state index in [4.69, 9.17) is 14.2 Å². The Hall–Kier alpha value is -3.16. The Kier molecular flexibility index (Phi) is 57.4. The van der Waals surface area contributed by atoms with Gasteiger partial charge in [-0.1, -0.05) is 286 Å². The molecule has 0 bridgehead atoms. The van der Waals surface area contributed by atoms with Crippen molar-refractivity contribution in [2.75, 3.05) is 13.2 Å². The van der Waals surface area contributed by atoms with Gasteiger partial charge in [-0.15, -0.1) is 0 Å². The first-order valence-corrected chi connectivity index (χ1v) is 35.4. The molecule has 0 radical (unpaired) electrons. The molecule has 1 aliphatic rings. The van der Waals surface area contributed by atoms with Gasteiger partial charge < -0.3 is 45.1 Å². The Morgan fingerprint density at radius 3 is 1.24 bits per heavy atom. The molecule has 0 aromatic rings. The first-order valence-electron chi connectivity index (χ1n) is 35.4. The largest absolute Gasteiger partial charge is 0.454 e. The quantitative estimate of drug-likeness (QED) is 0.0195. The normalized spacial score (nSPS) is 18.9. The molecular formula is C74H131NO10. The number of aliphatic hydroxyl groups excluding tert-OH is 5. The second-order valence-electron chi connectivity index (χ2n) is 24.3. The molecule has 1 heterocycles. The predicted octanol–water partition coefficient (Wildman–Crippen LogP) is 18.1. The van der Waals surface area contributed by atoms with Gasteiger partial charge in [-0.2, -0.15) is 0 Å². The molecule has 0 saturated carbocycles. The van der Waals surface area contributed by atoms with Crippen molar-refractivity contribution < 1.29 is 49.3 Å². The number of unbranched alkanes of at least 4 members (excludes halogenated alkanes) is 34. The zero-order chi connectivity index (χ0) is 61.7.